The highest BCUT2D eigenvalue weighted by atomic mass is 16.5. The van der Waals surface area contributed by atoms with Crippen molar-refractivity contribution in [2.75, 3.05) is 21.3 Å². The van der Waals surface area contributed by atoms with Gasteiger partial charge in [-0.25, -0.2) is 0 Å². The Balaban J connectivity index is 1.55. The minimum atomic E-state index is -0.508. The largest absolute Gasteiger partial charge is 0.507 e. The smallest absolute Gasteiger partial charge is 0.197 e. The first-order valence-corrected chi connectivity index (χ1v) is 13.2. The van der Waals surface area contributed by atoms with E-state index in [9.17, 15) is 24.9 Å². The number of phenolic OH excluding ortho intramolecular Hbond substituents is 3. The third-order valence-electron chi connectivity index (χ3n) is 7.52. The van der Waals surface area contributed by atoms with Gasteiger partial charge in [0.1, 0.15) is 45.6 Å². The molecule has 4 aromatic carbocycles. The molecule has 0 aliphatic heterocycles. The molecule has 1 aliphatic carbocycles. The van der Waals surface area contributed by atoms with Gasteiger partial charge in [-0.05, 0) is 71.7 Å². The lowest BCUT2D eigenvalue weighted by molar-refractivity contribution is 0.104. The Kier molecular flexibility index (Phi) is 6.78. The second kappa shape index (κ2) is 10.6. The molecule has 43 heavy (non-hydrogen) atoms. The summed E-state index contributed by atoms with van der Waals surface area (Å²) in [6.07, 6.45) is 1.77. The molecular weight excluding hydrogens is 552 g/mol. The summed E-state index contributed by atoms with van der Waals surface area (Å²) in [6, 6.07) is 17.5. The van der Waals surface area contributed by atoms with Crippen LogP contribution in [0.5, 0.6) is 34.5 Å². The lowest BCUT2D eigenvalue weighted by Crippen LogP contribution is -2.10. The van der Waals surface area contributed by atoms with E-state index in [-0.39, 0.29) is 45.1 Å². The number of methoxy groups -OCH3 is 3. The molecule has 216 valence electrons. The van der Waals surface area contributed by atoms with E-state index in [1.165, 1.54) is 32.4 Å². The summed E-state index contributed by atoms with van der Waals surface area (Å²) in [5.74, 6) is 0.310. The number of benzene rings is 4. The fraction of sp³-hybridized carbons (Fsp3) is 0.118. The molecular formula is C34H26O9. The SMILES string of the molecule is COc1ccc(-c2cc(=O)c3c(O)cc(O)c(-c4cc(C5=CC(=O)c6c(O)cc(OC)cc6C5)ccc4OC)c3o2)cc1. The van der Waals surface area contributed by atoms with Crippen molar-refractivity contribution in [3.63, 3.8) is 0 Å². The van der Waals surface area contributed by atoms with Crippen molar-refractivity contribution >= 4 is 22.3 Å². The van der Waals surface area contributed by atoms with E-state index in [2.05, 4.69) is 0 Å². The lowest BCUT2D eigenvalue weighted by Gasteiger charge is -2.20. The maximum absolute atomic E-state index is 13.3. The van der Waals surface area contributed by atoms with Crippen LogP contribution in [-0.2, 0) is 6.42 Å². The second-order valence-electron chi connectivity index (χ2n) is 10.0. The predicted molar refractivity (Wildman–Crippen MR) is 160 cm³/mol. The van der Waals surface area contributed by atoms with Crippen LogP contribution in [0.3, 0.4) is 0 Å². The molecule has 0 spiro atoms. The molecule has 0 saturated heterocycles. The minimum Gasteiger partial charge on any atom is -0.507 e. The number of hydrogen-bond acceptors (Lipinski definition) is 9. The van der Waals surface area contributed by atoms with Gasteiger partial charge < -0.3 is 33.9 Å². The van der Waals surface area contributed by atoms with Crippen molar-refractivity contribution in [1.29, 1.82) is 0 Å². The van der Waals surface area contributed by atoms with Crippen LogP contribution in [0.15, 0.2) is 82.0 Å². The number of ether oxygens (including phenoxy) is 3. The van der Waals surface area contributed by atoms with Gasteiger partial charge in [0.25, 0.3) is 0 Å². The molecule has 1 aromatic heterocycles. The first-order chi connectivity index (χ1) is 20.7. The summed E-state index contributed by atoms with van der Waals surface area (Å²) in [5, 5.41) is 32.1. The Morgan fingerprint density at radius 2 is 1.40 bits per heavy atom. The summed E-state index contributed by atoms with van der Waals surface area (Å²) >= 11 is 0. The highest BCUT2D eigenvalue weighted by Gasteiger charge is 2.26. The van der Waals surface area contributed by atoms with E-state index in [0.29, 0.717) is 51.5 Å². The molecule has 0 fully saturated rings. The first kappa shape index (κ1) is 27.5. The van der Waals surface area contributed by atoms with Crippen LogP contribution in [0, 0.1) is 0 Å². The van der Waals surface area contributed by atoms with E-state index in [1.807, 2.05) is 0 Å². The molecule has 0 bridgehead atoms. The Morgan fingerprint density at radius 1 is 0.698 bits per heavy atom. The van der Waals surface area contributed by atoms with Crippen LogP contribution >= 0.6 is 0 Å². The maximum atomic E-state index is 13.3. The van der Waals surface area contributed by atoms with Crippen molar-refractivity contribution in [3.8, 4) is 56.9 Å². The van der Waals surface area contributed by atoms with Gasteiger partial charge in [-0.2, -0.15) is 0 Å². The number of rotatable bonds is 6. The number of ketones is 1. The molecule has 0 unspecified atom stereocenters. The number of phenols is 3. The van der Waals surface area contributed by atoms with Crippen molar-refractivity contribution in [2.45, 2.75) is 6.42 Å². The van der Waals surface area contributed by atoms with Gasteiger partial charge in [-0.3, -0.25) is 9.59 Å². The molecule has 1 heterocycles. The summed E-state index contributed by atoms with van der Waals surface area (Å²) in [4.78, 5) is 26.3. The van der Waals surface area contributed by atoms with Crippen LogP contribution in [-0.4, -0.2) is 42.4 Å². The van der Waals surface area contributed by atoms with Crippen molar-refractivity contribution < 1.29 is 38.7 Å². The van der Waals surface area contributed by atoms with E-state index < -0.39 is 11.2 Å². The Morgan fingerprint density at radius 3 is 2.09 bits per heavy atom. The van der Waals surface area contributed by atoms with Gasteiger partial charge in [0.15, 0.2) is 16.8 Å². The average molecular weight is 579 g/mol. The molecule has 0 saturated carbocycles. The number of hydrogen-bond donors (Lipinski definition) is 3. The highest BCUT2D eigenvalue weighted by Crippen LogP contribution is 2.46. The van der Waals surface area contributed by atoms with Crippen LogP contribution in [0.4, 0.5) is 0 Å². The lowest BCUT2D eigenvalue weighted by atomic mass is 9.85. The Hall–Kier alpha value is -5.70. The number of carbonyl (C=O) groups excluding carboxylic acids is 1. The monoisotopic (exact) mass is 578 g/mol. The Bertz CT molecular complexity index is 2020. The normalized spacial score (nSPS) is 12.5. The van der Waals surface area contributed by atoms with Gasteiger partial charge in [-0.15, -0.1) is 0 Å². The van der Waals surface area contributed by atoms with Crippen LogP contribution in [0.25, 0.3) is 39.0 Å². The second-order valence-corrected chi connectivity index (χ2v) is 10.0. The Labute approximate surface area is 245 Å². The molecule has 9 heteroatoms. The summed E-state index contributed by atoms with van der Waals surface area (Å²) in [6.45, 7) is 0. The fourth-order valence-electron chi connectivity index (χ4n) is 5.43. The molecule has 5 aromatic rings. The minimum absolute atomic E-state index is 0.0417. The van der Waals surface area contributed by atoms with E-state index in [1.54, 1.807) is 55.6 Å². The van der Waals surface area contributed by atoms with Gasteiger partial charge in [0.2, 0.25) is 0 Å². The summed E-state index contributed by atoms with van der Waals surface area (Å²) in [7, 11) is 4.49. The van der Waals surface area contributed by atoms with Crippen molar-refractivity contribution in [3.05, 3.63) is 99.7 Å². The van der Waals surface area contributed by atoms with Crippen LogP contribution in [0.2, 0.25) is 0 Å². The van der Waals surface area contributed by atoms with E-state index in [4.69, 9.17) is 18.6 Å². The topological polar surface area (TPSA) is 136 Å². The molecule has 6 rings (SSSR count). The molecule has 0 atom stereocenters. The number of aromatic hydroxyl groups is 3. The fourth-order valence-corrected chi connectivity index (χ4v) is 5.43. The summed E-state index contributed by atoms with van der Waals surface area (Å²) < 4.78 is 22.3. The van der Waals surface area contributed by atoms with Crippen LogP contribution < -0.4 is 19.6 Å². The molecule has 0 amide bonds. The highest BCUT2D eigenvalue weighted by molar-refractivity contribution is 6.14. The number of fused-ring (bicyclic) bond motifs is 2. The molecule has 3 N–H and O–H groups in total. The summed E-state index contributed by atoms with van der Waals surface area (Å²) in [5.41, 5.74) is 2.62. The van der Waals surface area contributed by atoms with Crippen LogP contribution in [0.1, 0.15) is 21.5 Å². The molecule has 1 aliphatic rings. The third kappa shape index (κ3) is 4.70. The zero-order valence-electron chi connectivity index (χ0n) is 23.4. The first-order valence-electron chi connectivity index (χ1n) is 13.2. The zero-order chi connectivity index (χ0) is 30.4. The van der Waals surface area contributed by atoms with Crippen molar-refractivity contribution in [2.24, 2.45) is 0 Å². The number of carbonyl (C=O) groups is 1. The van der Waals surface area contributed by atoms with E-state index in [0.717, 1.165) is 6.07 Å². The van der Waals surface area contributed by atoms with Gasteiger partial charge >= 0.3 is 0 Å². The van der Waals surface area contributed by atoms with Crippen molar-refractivity contribution in [1.82, 2.24) is 0 Å². The molecule has 9 nitrogen and oxygen atoms in total. The maximum Gasteiger partial charge on any atom is 0.197 e. The average Bonchev–Trinajstić information content (AvgIpc) is 3.00. The quantitative estimate of drug-likeness (QED) is 0.219. The zero-order valence-corrected chi connectivity index (χ0v) is 23.4. The third-order valence-corrected chi connectivity index (χ3v) is 7.52. The van der Waals surface area contributed by atoms with Gasteiger partial charge in [0, 0.05) is 29.3 Å². The predicted octanol–water partition coefficient (Wildman–Crippen LogP) is 6.09. The standard InChI is InChI=1S/C34H26O9/c1-40-21-7-4-17(5-8-21)30-16-28(39)33-27(38)15-26(37)32(34(33)43-30)23-12-18(6-9-29(23)42-3)19-10-20-11-22(41-2)14-25(36)31(20)24(35)13-19/h4-9,11-16,36-38H,10H2,1-3H3. The number of allylic oxidation sites excluding steroid dienone is 2. The van der Waals surface area contributed by atoms with Gasteiger partial charge in [-0.1, -0.05) is 6.07 Å². The van der Waals surface area contributed by atoms with E-state index >= 15 is 0 Å². The molecule has 0 radical (unpaired) electrons. The van der Waals surface area contributed by atoms with Gasteiger partial charge in [0.05, 0.1) is 32.5 Å².